The van der Waals surface area contributed by atoms with Crippen LogP contribution in [0.15, 0.2) is 91.0 Å². The Morgan fingerprint density at radius 1 is 0.639 bits per heavy atom. The van der Waals surface area contributed by atoms with E-state index in [2.05, 4.69) is 0 Å². The molecule has 0 amide bonds. The van der Waals surface area contributed by atoms with Gasteiger partial charge in [0, 0.05) is 41.6 Å². The van der Waals surface area contributed by atoms with Gasteiger partial charge in [-0.25, -0.2) is 0 Å². The second-order valence-electron chi connectivity index (χ2n) is 8.16. The summed E-state index contributed by atoms with van der Waals surface area (Å²) in [7, 11) is 0. The van der Waals surface area contributed by atoms with Crippen molar-refractivity contribution in [2.45, 2.75) is 24.1 Å². The maximum absolute atomic E-state index is 13.3. The molecule has 0 spiro atoms. The Hall–Kier alpha value is -4.08. The lowest BCUT2D eigenvalue weighted by Crippen LogP contribution is -2.40. The molecule has 0 radical (unpaired) electrons. The Labute approximate surface area is 202 Å². The van der Waals surface area contributed by atoms with E-state index in [-0.39, 0.29) is 28.8 Å². The maximum Gasteiger partial charge on any atom is 0.416 e. The minimum Gasteiger partial charge on any atom is -0.445 e. The summed E-state index contributed by atoms with van der Waals surface area (Å²) in [6, 6.07) is 14.5. The van der Waals surface area contributed by atoms with E-state index in [9.17, 15) is 26.3 Å². The molecule has 4 N–H and O–H groups in total. The summed E-state index contributed by atoms with van der Waals surface area (Å²) in [6.45, 7) is 0. The van der Waals surface area contributed by atoms with E-state index < -0.39 is 29.3 Å². The first kappa shape index (κ1) is 25.0. The lowest BCUT2D eigenvalue weighted by atomic mass is 9.92. The van der Waals surface area contributed by atoms with Gasteiger partial charge in [0.05, 0.1) is 11.1 Å². The number of benzene rings is 3. The number of nitrogens with two attached hydrogens (primary N) is 2. The topological polar surface area (TPSA) is 70.5 Å². The molecule has 0 heterocycles. The van der Waals surface area contributed by atoms with Gasteiger partial charge >= 0.3 is 12.4 Å². The predicted octanol–water partition coefficient (Wildman–Crippen LogP) is 6.95. The molecule has 3 aromatic carbocycles. The van der Waals surface area contributed by atoms with Crippen molar-refractivity contribution >= 4 is 11.4 Å². The zero-order chi connectivity index (χ0) is 26.1. The van der Waals surface area contributed by atoms with Gasteiger partial charge in [-0.2, -0.15) is 26.3 Å². The minimum absolute atomic E-state index is 0.218. The van der Waals surface area contributed by atoms with Crippen molar-refractivity contribution in [3.05, 3.63) is 108 Å². The van der Waals surface area contributed by atoms with Crippen LogP contribution in [0.2, 0.25) is 0 Å². The molecular weight excluding hydrogens is 486 g/mol. The van der Waals surface area contributed by atoms with E-state index in [1.165, 1.54) is 12.2 Å². The number of hydrogen-bond acceptors (Lipinski definition) is 4. The van der Waals surface area contributed by atoms with Crippen LogP contribution in [0.1, 0.15) is 22.6 Å². The average molecular weight is 506 g/mol. The predicted molar refractivity (Wildman–Crippen MR) is 123 cm³/mol. The molecule has 0 aliphatic heterocycles. The van der Waals surface area contributed by atoms with E-state index in [0.29, 0.717) is 0 Å². The zero-order valence-corrected chi connectivity index (χ0v) is 18.5. The molecule has 4 nitrogen and oxygen atoms in total. The zero-order valence-electron chi connectivity index (χ0n) is 18.5. The van der Waals surface area contributed by atoms with Crippen molar-refractivity contribution in [3.8, 4) is 11.5 Å². The highest BCUT2D eigenvalue weighted by Gasteiger charge is 2.37. The Bertz CT molecular complexity index is 1220. The Balaban J connectivity index is 1.74. The summed E-state index contributed by atoms with van der Waals surface area (Å²) in [6.07, 6.45) is -3.23. The van der Waals surface area contributed by atoms with Crippen molar-refractivity contribution < 1.29 is 35.8 Å². The third-order valence-corrected chi connectivity index (χ3v) is 5.32. The minimum atomic E-state index is -4.70. The molecule has 0 atom stereocenters. The van der Waals surface area contributed by atoms with Gasteiger partial charge in [-0.15, -0.1) is 0 Å². The Morgan fingerprint density at radius 2 is 1.08 bits per heavy atom. The number of rotatable bonds is 5. The van der Waals surface area contributed by atoms with Crippen molar-refractivity contribution in [1.29, 1.82) is 0 Å². The van der Waals surface area contributed by atoms with Crippen LogP contribution in [0.3, 0.4) is 0 Å². The van der Waals surface area contributed by atoms with E-state index in [1.54, 1.807) is 12.2 Å². The third kappa shape index (κ3) is 5.76. The Kier molecular flexibility index (Phi) is 6.38. The van der Waals surface area contributed by atoms with E-state index in [4.69, 9.17) is 20.9 Å². The molecule has 0 fully saturated rings. The summed E-state index contributed by atoms with van der Waals surface area (Å²) in [5.41, 5.74) is 9.65. The van der Waals surface area contributed by atoms with Crippen LogP contribution in [0.5, 0.6) is 11.5 Å². The van der Waals surface area contributed by atoms with Gasteiger partial charge in [-0.3, -0.25) is 0 Å². The second-order valence-corrected chi connectivity index (χ2v) is 8.16. The highest BCUT2D eigenvalue weighted by Crippen LogP contribution is 2.39. The summed E-state index contributed by atoms with van der Waals surface area (Å²) in [4.78, 5) is 0. The van der Waals surface area contributed by atoms with Gasteiger partial charge in [-0.05, 0) is 29.8 Å². The normalized spacial score (nSPS) is 15.6. The Morgan fingerprint density at radius 3 is 1.50 bits per heavy atom. The molecule has 0 bridgehead atoms. The van der Waals surface area contributed by atoms with Crippen molar-refractivity contribution in [2.75, 3.05) is 11.5 Å². The van der Waals surface area contributed by atoms with Crippen LogP contribution in [0.4, 0.5) is 37.7 Å². The lowest BCUT2D eigenvalue weighted by Gasteiger charge is -2.33. The molecule has 3 aromatic rings. The SMILES string of the molecule is Nc1cc(OC2(Oc3cc(N)cc(C(F)(F)F)c3)C=CC(c3ccccc3)C=C2)cc(C(F)(F)F)c1. The van der Waals surface area contributed by atoms with Crippen LogP contribution in [-0.2, 0) is 12.4 Å². The number of hydrogen-bond donors (Lipinski definition) is 2. The number of allylic oxidation sites excluding steroid dienone is 2. The van der Waals surface area contributed by atoms with Crippen molar-refractivity contribution in [2.24, 2.45) is 0 Å². The first-order valence-corrected chi connectivity index (χ1v) is 10.6. The molecule has 4 rings (SSSR count). The highest BCUT2D eigenvalue weighted by molar-refractivity contribution is 5.51. The van der Waals surface area contributed by atoms with Crippen LogP contribution in [0.25, 0.3) is 0 Å². The van der Waals surface area contributed by atoms with Gasteiger partial charge in [0.25, 0.3) is 5.79 Å². The first-order chi connectivity index (χ1) is 16.8. The van der Waals surface area contributed by atoms with E-state index >= 15 is 0 Å². The molecule has 1 aliphatic carbocycles. The van der Waals surface area contributed by atoms with Crippen LogP contribution < -0.4 is 20.9 Å². The molecule has 1 aliphatic rings. The number of alkyl halides is 6. The van der Waals surface area contributed by atoms with E-state index in [0.717, 1.165) is 42.0 Å². The summed E-state index contributed by atoms with van der Waals surface area (Å²) in [5.74, 6) is -2.72. The van der Waals surface area contributed by atoms with Gasteiger partial charge in [0.15, 0.2) is 0 Å². The number of halogens is 6. The molecule has 188 valence electrons. The smallest absolute Gasteiger partial charge is 0.416 e. The molecule has 36 heavy (non-hydrogen) atoms. The standard InChI is InChI=1S/C26H20F6N2O2/c27-25(28,29)18-10-20(33)14-22(12-18)35-24(8-6-17(7-9-24)16-4-2-1-3-5-16)36-23-13-19(26(30,31)32)11-21(34)15-23/h1-15,17H,33-34H2. The summed E-state index contributed by atoms with van der Waals surface area (Å²) in [5, 5.41) is 0. The van der Waals surface area contributed by atoms with Gasteiger partial charge in [-0.1, -0.05) is 42.5 Å². The molecule has 10 heteroatoms. The van der Waals surface area contributed by atoms with Crippen LogP contribution in [0, 0.1) is 0 Å². The van der Waals surface area contributed by atoms with Crippen LogP contribution in [-0.4, -0.2) is 5.79 Å². The van der Waals surface area contributed by atoms with Gasteiger partial charge in [0.1, 0.15) is 11.5 Å². The molecule has 0 unspecified atom stereocenters. The summed E-state index contributed by atoms with van der Waals surface area (Å²) < 4.78 is 91.5. The summed E-state index contributed by atoms with van der Waals surface area (Å²) >= 11 is 0. The largest absolute Gasteiger partial charge is 0.445 e. The average Bonchev–Trinajstić information content (AvgIpc) is 2.78. The number of anilines is 2. The third-order valence-electron chi connectivity index (χ3n) is 5.32. The molecule has 0 saturated heterocycles. The highest BCUT2D eigenvalue weighted by atomic mass is 19.4. The first-order valence-electron chi connectivity index (χ1n) is 10.6. The number of ether oxygens (including phenoxy) is 2. The monoisotopic (exact) mass is 506 g/mol. The fraction of sp³-hybridized carbons (Fsp3) is 0.154. The van der Waals surface area contributed by atoms with Gasteiger partial charge < -0.3 is 20.9 Å². The number of nitrogen functional groups attached to an aromatic ring is 2. The fourth-order valence-electron chi connectivity index (χ4n) is 3.71. The van der Waals surface area contributed by atoms with Crippen molar-refractivity contribution in [3.63, 3.8) is 0 Å². The molecule has 0 saturated carbocycles. The molecule has 0 aromatic heterocycles. The van der Waals surface area contributed by atoms with E-state index in [1.807, 2.05) is 30.3 Å². The van der Waals surface area contributed by atoms with Gasteiger partial charge in [0.2, 0.25) is 0 Å². The van der Waals surface area contributed by atoms with Crippen molar-refractivity contribution in [1.82, 2.24) is 0 Å². The maximum atomic E-state index is 13.3. The second kappa shape index (κ2) is 9.18. The molecular formula is C26H20F6N2O2. The van der Waals surface area contributed by atoms with Crippen LogP contribution >= 0.6 is 0 Å². The lowest BCUT2D eigenvalue weighted by molar-refractivity contribution is -0.138. The quantitative estimate of drug-likeness (QED) is 0.170. The fourth-order valence-corrected chi connectivity index (χ4v) is 3.71.